The van der Waals surface area contributed by atoms with Crippen molar-refractivity contribution in [3.05, 3.63) is 106 Å². The predicted molar refractivity (Wildman–Crippen MR) is 126 cm³/mol. The average Bonchev–Trinajstić information content (AvgIpc) is 2.78. The third kappa shape index (κ3) is 4.57. The van der Waals surface area contributed by atoms with Crippen molar-refractivity contribution < 1.29 is 23.1 Å². The molecule has 33 heavy (non-hydrogen) atoms. The highest BCUT2D eigenvalue weighted by Crippen LogP contribution is 2.26. The average molecular weight is 481 g/mol. The van der Waals surface area contributed by atoms with E-state index in [0.29, 0.717) is 21.8 Å². The Morgan fingerprint density at radius 1 is 1.00 bits per heavy atom. The normalized spacial score (nSPS) is 14.5. The van der Waals surface area contributed by atoms with Gasteiger partial charge in [0.2, 0.25) is 5.78 Å². The quantitative estimate of drug-likeness (QED) is 0.546. The van der Waals surface area contributed by atoms with Crippen LogP contribution in [-0.2, 0) is 10.0 Å². The molecule has 1 aliphatic rings. The summed E-state index contributed by atoms with van der Waals surface area (Å²) >= 11 is 6.01. The van der Waals surface area contributed by atoms with Gasteiger partial charge in [-0.05, 0) is 55.0 Å². The van der Waals surface area contributed by atoms with E-state index in [1.54, 1.807) is 37.3 Å². The van der Waals surface area contributed by atoms with Gasteiger partial charge in [0.05, 0.1) is 21.9 Å². The summed E-state index contributed by atoms with van der Waals surface area (Å²) in [5.41, 5.74) is 1.79. The molecule has 4 rings (SSSR count). The minimum Gasteiger partial charge on any atom is -0.478 e. The zero-order valence-corrected chi connectivity index (χ0v) is 18.8. The number of benzene rings is 3. The van der Waals surface area contributed by atoms with Crippen LogP contribution in [0.3, 0.4) is 0 Å². The molecule has 2 N–H and O–H groups in total. The number of sulfonamides is 1. The monoisotopic (exact) mass is 480 g/mol. The second-order valence-electron chi connectivity index (χ2n) is 7.31. The van der Waals surface area contributed by atoms with Gasteiger partial charge in [0.15, 0.2) is 0 Å². The topological polar surface area (TPSA) is 113 Å². The lowest BCUT2D eigenvalue weighted by atomic mass is 9.92. The number of carboxylic acids is 1. The molecule has 7 nitrogen and oxygen atoms in total. The molecule has 9 heteroatoms. The Morgan fingerprint density at radius 2 is 1.73 bits per heavy atom. The smallest absolute Gasteiger partial charge is 0.335 e. The molecule has 0 fully saturated rings. The van der Waals surface area contributed by atoms with E-state index >= 15 is 0 Å². The van der Waals surface area contributed by atoms with Crippen LogP contribution in [0, 0.1) is 6.92 Å². The molecule has 0 bridgehead atoms. The predicted octanol–water partition coefficient (Wildman–Crippen LogP) is 4.72. The third-order valence-corrected chi connectivity index (χ3v) is 6.72. The number of nitrogens with zero attached hydrogens (tertiary/aromatic N) is 1. The van der Waals surface area contributed by atoms with Crippen molar-refractivity contribution >= 4 is 44.8 Å². The van der Waals surface area contributed by atoms with Gasteiger partial charge in [0.1, 0.15) is 0 Å². The lowest BCUT2D eigenvalue weighted by Gasteiger charge is -2.19. The lowest BCUT2D eigenvalue weighted by Crippen LogP contribution is -2.22. The minimum atomic E-state index is -4.11. The van der Waals surface area contributed by atoms with Crippen LogP contribution in [0.1, 0.15) is 31.8 Å². The molecule has 166 valence electrons. The van der Waals surface area contributed by atoms with Crippen molar-refractivity contribution in [3.63, 3.8) is 0 Å². The summed E-state index contributed by atoms with van der Waals surface area (Å²) in [5, 5.41) is 12.5. The molecule has 0 radical (unpaired) electrons. The molecule has 0 saturated carbocycles. The summed E-state index contributed by atoms with van der Waals surface area (Å²) in [5.74, 6) is -1.48. The van der Waals surface area contributed by atoms with Crippen LogP contribution in [0.4, 0.5) is 5.69 Å². The second kappa shape index (κ2) is 8.65. The fraction of sp³-hybridized carbons (Fsp3) is 0.0417. The number of aryl methyl sites for hydroxylation is 1. The van der Waals surface area contributed by atoms with Gasteiger partial charge in [0.25, 0.3) is 10.0 Å². The maximum Gasteiger partial charge on any atom is 0.335 e. The first-order chi connectivity index (χ1) is 15.7. The van der Waals surface area contributed by atoms with E-state index in [-0.39, 0.29) is 33.2 Å². The number of halogens is 1. The summed E-state index contributed by atoms with van der Waals surface area (Å²) in [6.07, 6.45) is 1.35. The van der Waals surface area contributed by atoms with E-state index in [4.69, 9.17) is 11.6 Å². The molecule has 0 spiro atoms. The first kappa shape index (κ1) is 22.4. The molecular weight excluding hydrogens is 464 g/mol. The van der Waals surface area contributed by atoms with Crippen LogP contribution in [-0.4, -0.2) is 31.0 Å². The third-order valence-electron chi connectivity index (χ3n) is 5.01. The molecular formula is C24H17ClN2O5S. The van der Waals surface area contributed by atoms with Crippen LogP contribution < -0.4 is 5.32 Å². The summed E-state index contributed by atoms with van der Waals surface area (Å²) in [7, 11) is -4.11. The highest BCUT2D eigenvalue weighted by atomic mass is 35.5. The van der Waals surface area contributed by atoms with Crippen LogP contribution in [0.25, 0.3) is 0 Å². The number of Topliss-reactive ketones (excluding diaryl/α,β-unsaturated/α-hetero) is 1. The number of carbonyl (C=O) groups excluding carboxylic acids is 1. The maximum atomic E-state index is 13.0. The van der Waals surface area contributed by atoms with Gasteiger partial charge in [-0.25, -0.2) is 4.79 Å². The van der Waals surface area contributed by atoms with E-state index in [0.717, 1.165) is 0 Å². The molecule has 0 unspecified atom stereocenters. The number of ketones is 1. The zero-order valence-electron chi connectivity index (χ0n) is 17.2. The van der Waals surface area contributed by atoms with Crippen molar-refractivity contribution in [3.8, 4) is 0 Å². The number of fused-ring (bicyclic) bond motifs is 1. The first-order valence-corrected chi connectivity index (χ1v) is 11.5. The van der Waals surface area contributed by atoms with E-state index in [1.165, 1.54) is 42.5 Å². The SMILES string of the molecule is Cc1cc(S(=O)(=O)N=C2C=C(Nc3cccc(C(=O)O)c3)C(=O)c3ccccc32)ccc1Cl. The fourth-order valence-corrected chi connectivity index (χ4v) is 4.54. The number of carboxylic acid groups (broad SMARTS) is 1. The Kier molecular flexibility index (Phi) is 5.88. The lowest BCUT2D eigenvalue weighted by molar-refractivity contribution is 0.0696. The standard InChI is InChI=1S/C24H17ClN2O5S/c1-14-11-17(9-10-20(14)25)33(31,32)27-21-13-22(23(28)19-8-3-2-7-18(19)21)26-16-6-4-5-15(12-16)24(29)30/h2-13,26H,1H3,(H,29,30). The highest BCUT2D eigenvalue weighted by molar-refractivity contribution is 7.90. The largest absolute Gasteiger partial charge is 0.478 e. The minimum absolute atomic E-state index is 0.0247. The molecule has 3 aromatic rings. The van der Waals surface area contributed by atoms with Crippen LogP contribution in [0.5, 0.6) is 0 Å². The Balaban J connectivity index is 1.81. The summed E-state index contributed by atoms with van der Waals surface area (Å²) < 4.78 is 30.0. The Hall–Kier alpha value is -3.75. The highest BCUT2D eigenvalue weighted by Gasteiger charge is 2.26. The number of hydrogen-bond donors (Lipinski definition) is 2. The summed E-state index contributed by atoms with van der Waals surface area (Å²) in [6, 6.07) is 16.8. The van der Waals surface area contributed by atoms with Gasteiger partial charge in [-0.3, -0.25) is 4.79 Å². The van der Waals surface area contributed by atoms with Crippen molar-refractivity contribution in [2.24, 2.45) is 4.40 Å². The van der Waals surface area contributed by atoms with Gasteiger partial charge in [-0.1, -0.05) is 41.9 Å². The van der Waals surface area contributed by atoms with Gasteiger partial charge in [0, 0.05) is 21.8 Å². The Labute approximate surface area is 195 Å². The number of hydrogen-bond acceptors (Lipinski definition) is 5. The molecule has 1 aliphatic carbocycles. The summed E-state index contributed by atoms with van der Waals surface area (Å²) in [6.45, 7) is 1.69. The van der Waals surface area contributed by atoms with E-state index in [9.17, 15) is 23.1 Å². The zero-order chi connectivity index (χ0) is 23.8. The van der Waals surface area contributed by atoms with Crippen molar-refractivity contribution in [2.75, 3.05) is 5.32 Å². The van der Waals surface area contributed by atoms with Crippen LogP contribution in [0.2, 0.25) is 5.02 Å². The number of nitrogens with one attached hydrogen (secondary N) is 1. The first-order valence-electron chi connectivity index (χ1n) is 9.73. The number of aromatic carboxylic acids is 1. The van der Waals surface area contributed by atoms with Gasteiger partial charge >= 0.3 is 5.97 Å². The van der Waals surface area contributed by atoms with Gasteiger partial charge < -0.3 is 10.4 Å². The number of allylic oxidation sites excluding steroid dienone is 2. The molecule has 0 aliphatic heterocycles. The Morgan fingerprint density at radius 3 is 2.42 bits per heavy atom. The fourth-order valence-electron chi connectivity index (χ4n) is 3.34. The summed E-state index contributed by atoms with van der Waals surface area (Å²) in [4.78, 5) is 24.3. The number of rotatable bonds is 5. The van der Waals surface area contributed by atoms with E-state index in [1.807, 2.05) is 0 Å². The second-order valence-corrected chi connectivity index (χ2v) is 9.32. The van der Waals surface area contributed by atoms with Crippen LogP contribution in [0.15, 0.2) is 87.8 Å². The molecule has 0 atom stereocenters. The molecule has 0 aromatic heterocycles. The molecule has 0 heterocycles. The van der Waals surface area contributed by atoms with Crippen molar-refractivity contribution in [1.29, 1.82) is 0 Å². The number of carbonyl (C=O) groups is 2. The van der Waals surface area contributed by atoms with Crippen molar-refractivity contribution in [2.45, 2.75) is 11.8 Å². The van der Waals surface area contributed by atoms with Crippen LogP contribution >= 0.6 is 11.6 Å². The Bertz CT molecular complexity index is 1480. The van der Waals surface area contributed by atoms with Crippen molar-refractivity contribution in [1.82, 2.24) is 0 Å². The number of anilines is 1. The molecule has 0 saturated heterocycles. The van der Waals surface area contributed by atoms with E-state index < -0.39 is 16.0 Å². The van der Waals surface area contributed by atoms with Gasteiger partial charge in [-0.2, -0.15) is 12.8 Å². The van der Waals surface area contributed by atoms with E-state index in [2.05, 4.69) is 9.71 Å². The van der Waals surface area contributed by atoms with Gasteiger partial charge in [-0.15, -0.1) is 0 Å². The molecule has 0 amide bonds. The maximum absolute atomic E-state index is 13.0. The molecule has 3 aromatic carbocycles.